The van der Waals surface area contributed by atoms with Crippen molar-refractivity contribution in [2.45, 2.75) is 32.6 Å². The molecule has 2 aromatic heterocycles. The molecule has 0 N–H and O–H groups in total. The molecule has 0 spiro atoms. The van der Waals surface area contributed by atoms with E-state index in [-0.39, 0.29) is 11.6 Å². The normalized spacial score (nSPS) is 11.2. The van der Waals surface area contributed by atoms with Crippen LogP contribution in [0.25, 0.3) is 21.9 Å². The molecule has 0 atom stereocenters. The molecule has 120 valence electrons. The van der Waals surface area contributed by atoms with E-state index in [0.29, 0.717) is 37.0 Å². The van der Waals surface area contributed by atoms with E-state index in [2.05, 4.69) is 0 Å². The Morgan fingerprint density at radius 2 is 2.00 bits per heavy atom. The molecule has 0 unspecified atom stereocenters. The third kappa shape index (κ3) is 3.28. The molecule has 5 nitrogen and oxygen atoms in total. The molecule has 0 saturated heterocycles. The van der Waals surface area contributed by atoms with Gasteiger partial charge in [-0.15, -0.1) is 0 Å². The van der Waals surface area contributed by atoms with Gasteiger partial charge < -0.3 is 13.6 Å². The highest BCUT2D eigenvalue weighted by Crippen LogP contribution is 2.29. The fraction of sp³-hybridized carbons (Fsp3) is 0.333. The third-order valence-electron chi connectivity index (χ3n) is 3.71. The highest BCUT2D eigenvalue weighted by Gasteiger charge is 2.13. The summed E-state index contributed by atoms with van der Waals surface area (Å²) < 4.78 is 16.1. The zero-order valence-electron chi connectivity index (χ0n) is 13.0. The van der Waals surface area contributed by atoms with Gasteiger partial charge >= 0.3 is 11.6 Å². The molecule has 1 aromatic carbocycles. The summed E-state index contributed by atoms with van der Waals surface area (Å²) in [5, 5.41) is 1.82. The number of ether oxygens (including phenoxy) is 1. The van der Waals surface area contributed by atoms with Crippen LogP contribution in [0.5, 0.6) is 0 Å². The minimum absolute atomic E-state index is 0.180. The molecule has 5 heteroatoms. The van der Waals surface area contributed by atoms with E-state index in [1.165, 1.54) is 6.07 Å². The summed E-state index contributed by atoms with van der Waals surface area (Å²) in [6.45, 7) is 2.28. The Labute approximate surface area is 132 Å². The first kappa shape index (κ1) is 15.3. The Morgan fingerprint density at radius 3 is 2.83 bits per heavy atom. The number of carbonyl (C=O) groups excluding carboxylic acids is 1. The van der Waals surface area contributed by atoms with Crippen molar-refractivity contribution in [1.82, 2.24) is 0 Å². The summed E-state index contributed by atoms with van der Waals surface area (Å²) in [7, 11) is 0. The van der Waals surface area contributed by atoms with Gasteiger partial charge in [-0.25, -0.2) is 4.79 Å². The maximum Gasteiger partial charge on any atom is 0.336 e. The number of furan rings is 1. The van der Waals surface area contributed by atoms with Crippen molar-refractivity contribution in [3.63, 3.8) is 0 Å². The predicted molar refractivity (Wildman–Crippen MR) is 86.4 cm³/mol. The second kappa shape index (κ2) is 6.69. The van der Waals surface area contributed by atoms with Crippen LogP contribution in [0.1, 0.15) is 31.7 Å². The van der Waals surface area contributed by atoms with Gasteiger partial charge in [0.15, 0.2) is 0 Å². The lowest BCUT2D eigenvalue weighted by Gasteiger charge is -2.07. The van der Waals surface area contributed by atoms with Crippen LogP contribution in [0.4, 0.5) is 0 Å². The molecule has 0 fully saturated rings. The van der Waals surface area contributed by atoms with Gasteiger partial charge in [-0.05, 0) is 37.5 Å². The number of fused-ring (bicyclic) bond motifs is 2. The maximum absolute atomic E-state index is 11.5. The van der Waals surface area contributed by atoms with Gasteiger partial charge in [0.05, 0.1) is 12.9 Å². The van der Waals surface area contributed by atoms with Gasteiger partial charge in [-0.2, -0.15) is 0 Å². The van der Waals surface area contributed by atoms with Crippen molar-refractivity contribution < 1.29 is 18.4 Å². The number of rotatable bonds is 6. The highest BCUT2D eigenvalue weighted by molar-refractivity contribution is 5.96. The van der Waals surface area contributed by atoms with Crippen molar-refractivity contribution in [3.05, 3.63) is 46.5 Å². The van der Waals surface area contributed by atoms with E-state index in [1.807, 2.05) is 19.1 Å². The van der Waals surface area contributed by atoms with E-state index in [1.54, 1.807) is 12.3 Å². The van der Waals surface area contributed by atoms with Gasteiger partial charge in [0.2, 0.25) is 0 Å². The molecule has 3 rings (SSSR count). The Balaban J connectivity index is 1.85. The summed E-state index contributed by atoms with van der Waals surface area (Å²) in [4.78, 5) is 22.9. The Kier molecular flexibility index (Phi) is 4.46. The number of esters is 1. The van der Waals surface area contributed by atoms with Crippen LogP contribution < -0.4 is 5.63 Å². The summed E-state index contributed by atoms with van der Waals surface area (Å²) in [5.74, 6) is -0.180. The van der Waals surface area contributed by atoms with Crippen LogP contribution in [-0.2, 0) is 16.0 Å². The van der Waals surface area contributed by atoms with Crippen molar-refractivity contribution in [2.24, 2.45) is 0 Å². The van der Waals surface area contributed by atoms with E-state index >= 15 is 0 Å². The highest BCUT2D eigenvalue weighted by atomic mass is 16.5. The first-order valence-corrected chi connectivity index (χ1v) is 7.77. The molecule has 0 aliphatic rings. The Bertz CT molecular complexity index is 887. The molecule has 2 heterocycles. The lowest BCUT2D eigenvalue weighted by atomic mass is 10.0. The van der Waals surface area contributed by atoms with E-state index in [9.17, 15) is 9.59 Å². The summed E-state index contributed by atoms with van der Waals surface area (Å²) in [6.07, 6.45) is 4.08. The molecule has 23 heavy (non-hydrogen) atoms. The molecule has 0 aliphatic carbocycles. The van der Waals surface area contributed by atoms with Crippen LogP contribution in [0, 0.1) is 0 Å². The summed E-state index contributed by atoms with van der Waals surface area (Å²) in [6, 6.07) is 6.97. The molecule has 0 bridgehead atoms. The monoisotopic (exact) mass is 314 g/mol. The minimum Gasteiger partial charge on any atom is -0.466 e. The lowest BCUT2D eigenvalue weighted by Crippen LogP contribution is -2.06. The fourth-order valence-corrected chi connectivity index (χ4v) is 2.66. The predicted octanol–water partition coefficient (Wildman–Crippen LogP) is 3.82. The van der Waals surface area contributed by atoms with E-state index in [4.69, 9.17) is 13.6 Å². The minimum atomic E-state index is -0.390. The zero-order chi connectivity index (χ0) is 16.2. The van der Waals surface area contributed by atoms with Gasteiger partial charge in [0.1, 0.15) is 11.2 Å². The summed E-state index contributed by atoms with van der Waals surface area (Å²) >= 11 is 0. The smallest absolute Gasteiger partial charge is 0.336 e. The first-order valence-electron chi connectivity index (χ1n) is 7.77. The van der Waals surface area contributed by atoms with Crippen LogP contribution >= 0.6 is 0 Å². The van der Waals surface area contributed by atoms with E-state index in [0.717, 1.165) is 22.8 Å². The molecule has 0 aliphatic heterocycles. The number of hydrogen-bond donors (Lipinski definition) is 0. The maximum atomic E-state index is 11.5. The Hall–Kier alpha value is -2.56. The molecule has 0 amide bonds. The number of hydrogen-bond acceptors (Lipinski definition) is 5. The van der Waals surface area contributed by atoms with Crippen LogP contribution in [0.15, 0.2) is 44.2 Å². The van der Waals surface area contributed by atoms with E-state index < -0.39 is 0 Å². The molecule has 3 aromatic rings. The molecule has 0 saturated carbocycles. The number of benzene rings is 1. The van der Waals surface area contributed by atoms with Crippen LogP contribution in [0.2, 0.25) is 0 Å². The van der Waals surface area contributed by atoms with Crippen molar-refractivity contribution in [3.8, 4) is 0 Å². The first-order chi connectivity index (χ1) is 11.2. The van der Waals surface area contributed by atoms with Crippen molar-refractivity contribution >= 4 is 27.9 Å². The standard InChI is InChI=1S/C18H18O5/c1-2-4-15(19)21-9-3-5-14-17-13(8-10-22-17)11-12-6-7-16(20)23-18(12)14/h6-8,10-11H,2-5,9H2,1H3. The molecule has 0 radical (unpaired) electrons. The molecular weight excluding hydrogens is 296 g/mol. The Morgan fingerprint density at radius 1 is 1.17 bits per heavy atom. The van der Waals surface area contributed by atoms with Crippen LogP contribution in [-0.4, -0.2) is 12.6 Å². The topological polar surface area (TPSA) is 69.7 Å². The van der Waals surface area contributed by atoms with Crippen molar-refractivity contribution in [1.29, 1.82) is 0 Å². The van der Waals surface area contributed by atoms with Gasteiger partial charge in [0, 0.05) is 28.8 Å². The lowest BCUT2D eigenvalue weighted by molar-refractivity contribution is -0.143. The van der Waals surface area contributed by atoms with Gasteiger partial charge in [-0.3, -0.25) is 4.79 Å². The average molecular weight is 314 g/mol. The fourth-order valence-electron chi connectivity index (χ4n) is 2.66. The second-order valence-corrected chi connectivity index (χ2v) is 5.44. The van der Waals surface area contributed by atoms with Gasteiger partial charge in [-0.1, -0.05) is 6.92 Å². The van der Waals surface area contributed by atoms with Crippen LogP contribution in [0.3, 0.4) is 0 Å². The number of aryl methyl sites for hydroxylation is 1. The second-order valence-electron chi connectivity index (χ2n) is 5.44. The summed E-state index contributed by atoms with van der Waals surface area (Å²) in [5.41, 5.74) is 1.71. The van der Waals surface area contributed by atoms with Gasteiger partial charge in [0.25, 0.3) is 0 Å². The third-order valence-corrected chi connectivity index (χ3v) is 3.71. The van der Waals surface area contributed by atoms with Crippen molar-refractivity contribution in [2.75, 3.05) is 6.61 Å². The zero-order valence-corrected chi connectivity index (χ0v) is 13.0. The quantitative estimate of drug-likeness (QED) is 0.393. The molecular formula is C18H18O5. The number of carbonyl (C=O) groups is 1. The SMILES string of the molecule is CCCC(=O)OCCCc1c2occc2cc2ccc(=O)oc12. The largest absolute Gasteiger partial charge is 0.466 e. The average Bonchev–Trinajstić information content (AvgIpc) is 2.99.